The largest absolute Gasteiger partial charge is 0.431 e. The van der Waals surface area contributed by atoms with Crippen LogP contribution in [0.2, 0.25) is 0 Å². The fourth-order valence-electron chi connectivity index (χ4n) is 2.97. The minimum atomic E-state index is 0.109. The van der Waals surface area contributed by atoms with Gasteiger partial charge in [0.05, 0.1) is 5.75 Å². The Morgan fingerprint density at radius 1 is 1.30 bits per heavy atom. The molecule has 2 aromatic heterocycles. The number of benzene rings is 1. The molecule has 0 amide bonds. The number of para-hydroxylation sites is 2. The van der Waals surface area contributed by atoms with E-state index in [9.17, 15) is 4.79 Å². The molecule has 1 aromatic carbocycles. The Kier molecular flexibility index (Phi) is 4.31. The summed E-state index contributed by atoms with van der Waals surface area (Å²) in [4.78, 5) is 16.9. The van der Waals surface area contributed by atoms with E-state index in [1.807, 2.05) is 44.2 Å². The lowest BCUT2D eigenvalue weighted by atomic mass is 10.2. The third kappa shape index (κ3) is 3.06. The van der Waals surface area contributed by atoms with Crippen LogP contribution in [0.15, 0.2) is 40.0 Å². The lowest BCUT2D eigenvalue weighted by Crippen LogP contribution is -2.08. The number of ketones is 1. The monoisotopic (exact) mass is 328 g/mol. The summed E-state index contributed by atoms with van der Waals surface area (Å²) in [6, 6.07) is 9.94. The number of oxazole rings is 1. The molecule has 0 atom stereocenters. The molecule has 0 aliphatic heterocycles. The summed E-state index contributed by atoms with van der Waals surface area (Å²) >= 11 is 1.34. The Bertz CT molecular complexity index is 828. The van der Waals surface area contributed by atoms with E-state index in [2.05, 4.69) is 23.4 Å². The summed E-state index contributed by atoms with van der Waals surface area (Å²) in [6.07, 6.45) is 0. The van der Waals surface area contributed by atoms with Gasteiger partial charge in [-0.05, 0) is 45.9 Å². The Morgan fingerprint density at radius 2 is 2.04 bits per heavy atom. The predicted molar refractivity (Wildman–Crippen MR) is 93.4 cm³/mol. The van der Waals surface area contributed by atoms with Gasteiger partial charge in [0.2, 0.25) is 0 Å². The predicted octanol–water partition coefficient (Wildman–Crippen LogP) is 4.80. The van der Waals surface area contributed by atoms with Gasteiger partial charge in [0, 0.05) is 23.0 Å². The fraction of sp³-hybridized carbons (Fsp3) is 0.333. The van der Waals surface area contributed by atoms with Gasteiger partial charge in [-0.2, -0.15) is 0 Å². The van der Waals surface area contributed by atoms with Gasteiger partial charge in [-0.25, -0.2) is 4.98 Å². The average molecular weight is 328 g/mol. The average Bonchev–Trinajstić information content (AvgIpc) is 3.05. The van der Waals surface area contributed by atoms with Crippen LogP contribution in [-0.4, -0.2) is 21.1 Å². The van der Waals surface area contributed by atoms with E-state index in [4.69, 9.17) is 4.42 Å². The van der Waals surface area contributed by atoms with E-state index in [0.717, 1.165) is 28.1 Å². The van der Waals surface area contributed by atoms with Crippen LogP contribution in [-0.2, 0) is 0 Å². The number of aryl methyl sites for hydroxylation is 1. The van der Waals surface area contributed by atoms with Crippen LogP contribution < -0.4 is 0 Å². The normalized spacial score (nSPS) is 11.5. The van der Waals surface area contributed by atoms with Gasteiger partial charge in [-0.1, -0.05) is 23.9 Å². The summed E-state index contributed by atoms with van der Waals surface area (Å²) in [5.41, 5.74) is 4.51. The highest BCUT2D eigenvalue weighted by atomic mass is 32.2. The van der Waals surface area contributed by atoms with Crippen molar-refractivity contribution in [3.05, 3.63) is 47.3 Å². The van der Waals surface area contributed by atoms with E-state index in [1.54, 1.807) is 0 Å². The SMILES string of the molecule is Cc1cc(C(=O)CSc2nc3ccccc3o2)c(C)n1C(C)C. The molecule has 0 spiro atoms. The molecule has 0 fully saturated rings. The van der Waals surface area contributed by atoms with Crippen molar-refractivity contribution in [2.24, 2.45) is 0 Å². The molecular formula is C18H20N2O2S. The number of fused-ring (bicyclic) bond motifs is 1. The molecule has 23 heavy (non-hydrogen) atoms. The highest BCUT2D eigenvalue weighted by Gasteiger charge is 2.18. The number of nitrogens with zero attached hydrogens (tertiary/aromatic N) is 2. The van der Waals surface area contributed by atoms with Crippen molar-refractivity contribution < 1.29 is 9.21 Å². The zero-order chi connectivity index (χ0) is 16.6. The minimum Gasteiger partial charge on any atom is -0.431 e. The maximum atomic E-state index is 12.5. The number of carbonyl (C=O) groups excluding carboxylic acids is 1. The minimum absolute atomic E-state index is 0.109. The molecule has 0 N–H and O–H groups in total. The lowest BCUT2D eigenvalue weighted by Gasteiger charge is -2.13. The molecule has 0 radical (unpaired) electrons. The Hall–Kier alpha value is -2.01. The van der Waals surface area contributed by atoms with Crippen molar-refractivity contribution in [1.29, 1.82) is 0 Å². The van der Waals surface area contributed by atoms with Crippen LogP contribution in [0.25, 0.3) is 11.1 Å². The van der Waals surface area contributed by atoms with E-state index < -0.39 is 0 Å². The van der Waals surface area contributed by atoms with Crippen LogP contribution >= 0.6 is 11.8 Å². The molecule has 2 heterocycles. The van der Waals surface area contributed by atoms with Crippen LogP contribution in [0.1, 0.15) is 41.6 Å². The van der Waals surface area contributed by atoms with E-state index in [1.165, 1.54) is 11.8 Å². The van der Waals surface area contributed by atoms with Gasteiger partial charge in [0.15, 0.2) is 11.4 Å². The molecule has 0 aliphatic carbocycles. The van der Waals surface area contributed by atoms with E-state index in [-0.39, 0.29) is 5.78 Å². The number of thioether (sulfide) groups is 1. The molecule has 0 bridgehead atoms. The highest BCUT2D eigenvalue weighted by molar-refractivity contribution is 7.99. The maximum Gasteiger partial charge on any atom is 0.257 e. The molecule has 3 rings (SSSR count). The van der Waals surface area contributed by atoms with Gasteiger partial charge in [-0.3, -0.25) is 4.79 Å². The summed E-state index contributed by atoms with van der Waals surface area (Å²) < 4.78 is 7.84. The van der Waals surface area contributed by atoms with Gasteiger partial charge in [0.1, 0.15) is 5.52 Å². The number of Topliss-reactive ketones (excluding diaryl/α,β-unsaturated/α-hetero) is 1. The number of carbonyl (C=O) groups is 1. The first-order valence-corrected chi connectivity index (χ1v) is 8.66. The first-order valence-electron chi connectivity index (χ1n) is 7.67. The summed E-state index contributed by atoms with van der Waals surface area (Å²) in [6.45, 7) is 8.30. The first-order chi connectivity index (χ1) is 11.0. The third-order valence-electron chi connectivity index (χ3n) is 3.90. The second-order valence-corrected chi connectivity index (χ2v) is 6.83. The zero-order valence-corrected chi connectivity index (χ0v) is 14.6. The number of aromatic nitrogens is 2. The zero-order valence-electron chi connectivity index (χ0n) is 13.8. The number of hydrogen-bond acceptors (Lipinski definition) is 4. The van der Waals surface area contributed by atoms with Crippen LogP contribution in [0.5, 0.6) is 0 Å². The van der Waals surface area contributed by atoms with Crippen molar-refractivity contribution in [3.63, 3.8) is 0 Å². The first kappa shape index (κ1) is 15.9. The third-order valence-corrected chi connectivity index (χ3v) is 4.73. The maximum absolute atomic E-state index is 12.5. The molecule has 5 heteroatoms. The van der Waals surface area contributed by atoms with Gasteiger partial charge < -0.3 is 8.98 Å². The van der Waals surface area contributed by atoms with Crippen LogP contribution in [0.3, 0.4) is 0 Å². The summed E-state index contributed by atoms with van der Waals surface area (Å²) in [7, 11) is 0. The molecule has 0 saturated heterocycles. The van der Waals surface area contributed by atoms with Crippen molar-refractivity contribution in [3.8, 4) is 0 Å². The van der Waals surface area contributed by atoms with Crippen molar-refractivity contribution in [2.45, 2.75) is 39.0 Å². The molecule has 120 valence electrons. The van der Waals surface area contributed by atoms with Crippen LogP contribution in [0, 0.1) is 13.8 Å². The lowest BCUT2D eigenvalue weighted by molar-refractivity contribution is 0.102. The molecule has 3 aromatic rings. The van der Waals surface area contributed by atoms with Crippen molar-refractivity contribution in [1.82, 2.24) is 9.55 Å². The van der Waals surface area contributed by atoms with Gasteiger partial charge >= 0.3 is 0 Å². The topological polar surface area (TPSA) is 48.0 Å². The van der Waals surface area contributed by atoms with Gasteiger partial charge in [0.25, 0.3) is 5.22 Å². The van der Waals surface area contributed by atoms with E-state index in [0.29, 0.717) is 17.0 Å². The van der Waals surface area contributed by atoms with Crippen LogP contribution in [0.4, 0.5) is 0 Å². The summed E-state index contributed by atoms with van der Waals surface area (Å²) in [5.74, 6) is 0.437. The molecule has 0 unspecified atom stereocenters. The number of rotatable bonds is 5. The molecular weight excluding hydrogens is 308 g/mol. The number of hydrogen-bond donors (Lipinski definition) is 0. The Morgan fingerprint density at radius 3 is 2.70 bits per heavy atom. The standard InChI is InChI=1S/C18H20N2O2S/c1-11(2)20-12(3)9-14(13(20)4)16(21)10-23-18-19-15-7-5-6-8-17(15)22-18/h5-9,11H,10H2,1-4H3. The molecule has 4 nitrogen and oxygen atoms in total. The quantitative estimate of drug-likeness (QED) is 0.498. The highest BCUT2D eigenvalue weighted by Crippen LogP contribution is 2.26. The second kappa shape index (κ2) is 6.24. The molecule has 0 saturated carbocycles. The van der Waals surface area contributed by atoms with Crippen molar-refractivity contribution in [2.75, 3.05) is 5.75 Å². The Balaban J connectivity index is 1.76. The summed E-state index contributed by atoms with van der Waals surface area (Å²) in [5, 5.41) is 0.539. The fourth-order valence-corrected chi connectivity index (χ4v) is 3.69. The van der Waals surface area contributed by atoms with Crippen molar-refractivity contribution >= 4 is 28.6 Å². The second-order valence-electron chi connectivity index (χ2n) is 5.91. The smallest absolute Gasteiger partial charge is 0.257 e. The van der Waals surface area contributed by atoms with E-state index >= 15 is 0 Å². The van der Waals surface area contributed by atoms with Gasteiger partial charge in [-0.15, -0.1) is 0 Å². The molecule has 0 aliphatic rings. The Labute approximate surface area is 139 Å².